The number of nitrogens with one attached hydrogen (secondary N) is 1. The normalized spacial score (nSPS) is 12.7. The lowest BCUT2D eigenvalue weighted by Gasteiger charge is -2.15. The van der Waals surface area contributed by atoms with E-state index in [1.165, 1.54) is 12.1 Å². The zero-order valence-corrected chi connectivity index (χ0v) is 12.6. The summed E-state index contributed by atoms with van der Waals surface area (Å²) in [6.45, 7) is 0. The van der Waals surface area contributed by atoms with E-state index >= 15 is 0 Å². The van der Waals surface area contributed by atoms with Crippen molar-refractivity contribution in [2.24, 2.45) is 5.84 Å². The van der Waals surface area contributed by atoms with Crippen LogP contribution in [0.2, 0.25) is 5.02 Å². The van der Waals surface area contributed by atoms with Crippen LogP contribution in [0.5, 0.6) is 0 Å². The van der Waals surface area contributed by atoms with Gasteiger partial charge in [0.25, 0.3) is 0 Å². The number of hydrogen-bond donors (Lipinski definition) is 2. The molecule has 3 N–H and O–H groups in total. The second-order valence-corrected chi connectivity index (χ2v) is 6.19. The first kappa shape index (κ1) is 14.4. The molecule has 1 unspecified atom stereocenters. The lowest BCUT2D eigenvalue weighted by molar-refractivity contribution is 0.544. The number of halogens is 2. The van der Waals surface area contributed by atoms with Crippen LogP contribution in [0, 0.1) is 5.82 Å². The summed E-state index contributed by atoms with van der Waals surface area (Å²) in [5, 5.41) is 1.06. The van der Waals surface area contributed by atoms with Gasteiger partial charge in [-0.05, 0) is 29.8 Å². The Labute approximate surface area is 130 Å². The zero-order chi connectivity index (χ0) is 14.8. The van der Waals surface area contributed by atoms with E-state index in [2.05, 4.69) is 10.4 Å². The summed E-state index contributed by atoms with van der Waals surface area (Å²) in [5.74, 6) is 5.16. The van der Waals surface area contributed by atoms with Crippen LogP contribution < -0.4 is 11.3 Å². The fourth-order valence-corrected chi connectivity index (χ4v) is 3.31. The largest absolute Gasteiger partial charge is 0.271 e. The minimum Gasteiger partial charge on any atom is -0.271 e. The molecule has 0 amide bonds. The molecule has 1 heterocycles. The number of hydrogen-bond acceptors (Lipinski definition) is 4. The van der Waals surface area contributed by atoms with Crippen LogP contribution in [-0.4, -0.2) is 4.98 Å². The lowest BCUT2D eigenvalue weighted by atomic mass is 10.0. The number of benzene rings is 2. The number of aromatic nitrogens is 1. The van der Waals surface area contributed by atoms with Crippen LogP contribution >= 0.6 is 22.9 Å². The topological polar surface area (TPSA) is 50.9 Å². The van der Waals surface area contributed by atoms with Crippen molar-refractivity contribution in [1.82, 2.24) is 10.4 Å². The van der Waals surface area contributed by atoms with E-state index in [9.17, 15) is 4.39 Å². The number of rotatable bonds is 4. The molecule has 0 fully saturated rings. The number of fused-ring (bicyclic) bond motifs is 1. The van der Waals surface area contributed by atoms with Gasteiger partial charge in [-0.2, -0.15) is 0 Å². The Balaban J connectivity index is 1.88. The van der Waals surface area contributed by atoms with Gasteiger partial charge in [0, 0.05) is 6.42 Å². The molecule has 0 saturated heterocycles. The Morgan fingerprint density at radius 3 is 2.81 bits per heavy atom. The highest BCUT2D eigenvalue weighted by Crippen LogP contribution is 2.27. The summed E-state index contributed by atoms with van der Waals surface area (Å²) in [6, 6.07) is 12.4. The number of hydrazine groups is 1. The first-order chi connectivity index (χ1) is 10.2. The molecule has 0 saturated carbocycles. The van der Waals surface area contributed by atoms with Crippen LogP contribution in [0.4, 0.5) is 4.39 Å². The Hall–Kier alpha value is -1.53. The molecule has 0 bridgehead atoms. The molecule has 2 aromatic carbocycles. The van der Waals surface area contributed by atoms with Gasteiger partial charge in [0.1, 0.15) is 5.82 Å². The van der Waals surface area contributed by atoms with Gasteiger partial charge in [0.2, 0.25) is 0 Å². The molecule has 3 rings (SSSR count). The smallest absolute Gasteiger partial charge is 0.142 e. The second kappa shape index (κ2) is 6.07. The molecule has 3 nitrogen and oxygen atoms in total. The predicted octanol–water partition coefficient (Wildman–Crippen LogP) is 3.84. The summed E-state index contributed by atoms with van der Waals surface area (Å²) in [4.78, 5) is 4.57. The van der Waals surface area contributed by atoms with E-state index in [1.807, 2.05) is 24.3 Å². The van der Waals surface area contributed by atoms with Crippen molar-refractivity contribution in [1.29, 1.82) is 0 Å². The minimum atomic E-state index is -0.446. The molecule has 0 aliphatic carbocycles. The van der Waals surface area contributed by atoms with Crippen molar-refractivity contribution in [2.75, 3.05) is 0 Å². The molecule has 1 atom stereocenters. The van der Waals surface area contributed by atoms with Gasteiger partial charge in [-0.15, -0.1) is 11.3 Å². The number of nitrogens with zero attached hydrogens (tertiary/aromatic N) is 1. The van der Waals surface area contributed by atoms with E-state index in [4.69, 9.17) is 17.4 Å². The molecule has 1 aromatic heterocycles. The van der Waals surface area contributed by atoms with Gasteiger partial charge in [-0.1, -0.05) is 29.8 Å². The zero-order valence-electron chi connectivity index (χ0n) is 11.0. The third-order valence-corrected chi connectivity index (χ3v) is 4.63. The minimum absolute atomic E-state index is 0.106. The number of para-hydroxylation sites is 1. The highest BCUT2D eigenvalue weighted by atomic mass is 35.5. The quantitative estimate of drug-likeness (QED) is 0.567. The van der Waals surface area contributed by atoms with Crippen molar-refractivity contribution < 1.29 is 4.39 Å². The van der Waals surface area contributed by atoms with E-state index in [0.29, 0.717) is 6.42 Å². The maximum atomic E-state index is 13.6. The lowest BCUT2D eigenvalue weighted by Crippen LogP contribution is -2.29. The summed E-state index contributed by atoms with van der Waals surface area (Å²) in [7, 11) is 0. The van der Waals surface area contributed by atoms with Crippen LogP contribution in [0.15, 0.2) is 42.5 Å². The fourth-order valence-electron chi connectivity index (χ4n) is 2.18. The highest BCUT2D eigenvalue weighted by molar-refractivity contribution is 7.18. The molecule has 21 heavy (non-hydrogen) atoms. The van der Waals surface area contributed by atoms with Crippen molar-refractivity contribution >= 4 is 33.2 Å². The molecule has 0 aliphatic rings. The average molecular weight is 322 g/mol. The monoisotopic (exact) mass is 321 g/mol. The Kier molecular flexibility index (Phi) is 4.17. The van der Waals surface area contributed by atoms with Crippen LogP contribution in [-0.2, 0) is 6.42 Å². The van der Waals surface area contributed by atoms with Gasteiger partial charge in [0.15, 0.2) is 0 Å². The summed E-state index contributed by atoms with van der Waals surface area (Å²) >= 11 is 7.32. The third kappa shape index (κ3) is 3.06. The second-order valence-electron chi connectivity index (χ2n) is 4.67. The van der Waals surface area contributed by atoms with E-state index in [1.54, 1.807) is 17.4 Å². The molecule has 0 spiro atoms. The molecule has 0 aliphatic heterocycles. The van der Waals surface area contributed by atoms with Crippen LogP contribution in [0.25, 0.3) is 10.2 Å². The Morgan fingerprint density at radius 2 is 2.10 bits per heavy atom. The summed E-state index contributed by atoms with van der Waals surface area (Å²) in [6.07, 6.45) is 0.594. The average Bonchev–Trinajstić information content (AvgIpc) is 2.90. The predicted molar refractivity (Wildman–Crippen MR) is 84.8 cm³/mol. The molecular formula is C15H13ClFN3S. The summed E-state index contributed by atoms with van der Waals surface area (Å²) in [5.41, 5.74) is 4.43. The van der Waals surface area contributed by atoms with E-state index in [0.717, 1.165) is 20.8 Å². The number of thiazole rings is 1. The molecule has 3 aromatic rings. The molecule has 108 valence electrons. The van der Waals surface area contributed by atoms with Gasteiger partial charge < -0.3 is 0 Å². The van der Waals surface area contributed by atoms with Crippen LogP contribution in [0.1, 0.15) is 16.6 Å². The molecule has 6 heteroatoms. The summed E-state index contributed by atoms with van der Waals surface area (Å²) < 4.78 is 14.7. The van der Waals surface area contributed by atoms with Gasteiger partial charge in [0.05, 0.1) is 26.3 Å². The maximum absolute atomic E-state index is 13.6. The van der Waals surface area contributed by atoms with Crippen molar-refractivity contribution in [2.45, 2.75) is 12.5 Å². The van der Waals surface area contributed by atoms with E-state index in [-0.39, 0.29) is 11.1 Å². The van der Waals surface area contributed by atoms with Gasteiger partial charge in [-0.3, -0.25) is 11.3 Å². The van der Waals surface area contributed by atoms with Crippen molar-refractivity contribution in [3.05, 3.63) is 63.9 Å². The van der Waals surface area contributed by atoms with Crippen molar-refractivity contribution in [3.63, 3.8) is 0 Å². The first-order valence-electron chi connectivity index (χ1n) is 6.43. The maximum Gasteiger partial charge on any atom is 0.142 e. The fraction of sp³-hybridized carbons (Fsp3) is 0.133. The Bertz CT molecular complexity index is 741. The Morgan fingerprint density at radius 1 is 1.29 bits per heavy atom. The third-order valence-electron chi connectivity index (χ3n) is 3.26. The van der Waals surface area contributed by atoms with Crippen LogP contribution in [0.3, 0.4) is 0 Å². The first-order valence-corrected chi connectivity index (χ1v) is 7.62. The van der Waals surface area contributed by atoms with Crippen molar-refractivity contribution in [3.8, 4) is 0 Å². The molecule has 0 radical (unpaired) electrons. The van der Waals surface area contributed by atoms with E-state index < -0.39 is 5.82 Å². The highest BCUT2D eigenvalue weighted by Gasteiger charge is 2.15. The van der Waals surface area contributed by atoms with Gasteiger partial charge >= 0.3 is 0 Å². The standard InChI is InChI=1S/C15H13ClFN3S/c16-10-6-5-9(7-11(10)17)13(20-18)8-15-19-12-3-1-2-4-14(12)21-15/h1-7,13,20H,8,18H2. The van der Waals surface area contributed by atoms with Gasteiger partial charge in [-0.25, -0.2) is 9.37 Å². The molecular weight excluding hydrogens is 309 g/mol. The SMILES string of the molecule is NNC(Cc1nc2ccccc2s1)c1ccc(Cl)c(F)c1. The number of nitrogens with two attached hydrogens (primary N) is 1.